The summed E-state index contributed by atoms with van der Waals surface area (Å²) in [5, 5.41) is 0. The molecule has 0 saturated carbocycles. The summed E-state index contributed by atoms with van der Waals surface area (Å²) in [6.45, 7) is 5.50. The molecule has 0 fully saturated rings. The molecule has 0 bridgehead atoms. The summed E-state index contributed by atoms with van der Waals surface area (Å²) in [6.07, 6.45) is 3.05. The van der Waals surface area contributed by atoms with Crippen molar-refractivity contribution in [2.45, 2.75) is 20.8 Å². The van der Waals surface area contributed by atoms with E-state index in [9.17, 15) is 4.79 Å². The van der Waals surface area contributed by atoms with Crippen molar-refractivity contribution in [3.8, 4) is 22.6 Å². The molecule has 0 aliphatic carbocycles. The summed E-state index contributed by atoms with van der Waals surface area (Å²) in [4.78, 5) is 15.6. The Morgan fingerprint density at radius 3 is 2.00 bits per heavy atom. The molecule has 3 aromatic rings. The summed E-state index contributed by atoms with van der Waals surface area (Å²) in [7, 11) is 0. The molecule has 3 rings (SSSR count). The number of allylic oxidation sites excluding steroid dienone is 1. The minimum Gasteiger partial charge on any atom is -0.436 e. The van der Waals surface area contributed by atoms with Crippen LogP contribution >= 0.6 is 0 Å². The summed E-state index contributed by atoms with van der Waals surface area (Å²) in [6, 6.07) is 19.7. The molecule has 0 radical (unpaired) electrons. The second-order valence-electron chi connectivity index (χ2n) is 4.91. The smallest absolute Gasteiger partial charge is 0.220 e. The third-order valence-electron chi connectivity index (χ3n) is 3.19. The maximum absolute atomic E-state index is 11.1. The highest BCUT2D eigenvalue weighted by Crippen LogP contribution is 2.32. The van der Waals surface area contributed by atoms with Crippen molar-refractivity contribution in [1.29, 1.82) is 0 Å². The quantitative estimate of drug-likeness (QED) is 0.585. The second kappa shape index (κ2) is 8.63. The first-order valence-corrected chi connectivity index (χ1v) is 8.04. The van der Waals surface area contributed by atoms with Crippen LogP contribution in [0.25, 0.3) is 28.7 Å². The van der Waals surface area contributed by atoms with E-state index >= 15 is 0 Å². The Morgan fingerprint density at radius 2 is 1.46 bits per heavy atom. The average Bonchev–Trinajstić information content (AvgIpc) is 3.07. The van der Waals surface area contributed by atoms with Crippen molar-refractivity contribution in [3.63, 3.8) is 0 Å². The first-order chi connectivity index (χ1) is 11.7. The fourth-order valence-corrected chi connectivity index (χ4v) is 2.17. The number of oxazole rings is 1. The molecule has 3 heteroatoms. The average molecular weight is 319 g/mol. The summed E-state index contributed by atoms with van der Waals surface area (Å²) in [5.74, 6) is 1.09. The zero-order valence-corrected chi connectivity index (χ0v) is 14.2. The van der Waals surface area contributed by atoms with Crippen LogP contribution < -0.4 is 0 Å². The predicted octanol–water partition coefficient (Wildman–Crippen LogP) is 5.64. The summed E-state index contributed by atoms with van der Waals surface area (Å²) < 4.78 is 5.86. The third-order valence-corrected chi connectivity index (χ3v) is 3.19. The monoisotopic (exact) mass is 319 g/mol. The molecule has 0 N–H and O–H groups in total. The van der Waals surface area contributed by atoms with Crippen LogP contribution in [-0.4, -0.2) is 10.8 Å². The molecule has 2 aromatic carbocycles. The molecule has 24 heavy (non-hydrogen) atoms. The van der Waals surface area contributed by atoms with Gasteiger partial charge in [-0.15, -0.1) is 0 Å². The molecule has 0 saturated heterocycles. The lowest BCUT2D eigenvalue weighted by molar-refractivity contribution is -0.112. The molecule has 3 nitrogen and oxygen atoms in total. The van der Waals surface area contributed by atoms with Gasteiger partial charge in [0.1, 0.15) is 5.69 Å². The maximum Gasteiger partial charge on any atom is 0.220 e. The van der Waals surface area contributed by atoms with E-state index in [1.807, 2.05) is 74.5 Å². The maximum atomic E-state index is 11.1. The third kappa shape index (κ3) is 4.29. The number of ketones is 1. The van der Waals surface area contributed by atoms with Gasteiger partial charge < -0.3 is 4.42 Å². The van der Waals surface area contributed by atoms with Gasteiger partial charge in [-0.2, -0.15) is 0 Å². The van der Waals surface area contributed by atoms with Crippen LogP contribution in [0.3, 0.4) is 0 Å². The number of aromatic nitrogens is 1. The lowest BCUT2D eigenvalue weighted by Crippen LogP contribution is -1.82. The lowest BCUT2D eigenvalue weighted by Gasteiger charge is -2.00. The molecule has 122 valence electrons. The zero-order valence-electron chi connectivity index (χ0n) is 14.2. The number of benzene rings is 2. The number of carbonyl (C=O) groups is 1. The molecule has 1 heterocycles. The van der Waals surface area contributed by atoms with Crippen LogP contribution in [0, 0.1) is 0 Å². The van der Waals surface area contributed by atoms with E-state index in [0.717, 1.165) is 16.8 Å². The highest BCUT2D eigenvalue weighted by molar-refractivity contribution is 5.91. The highest BCUT2D eigenvalue weighted by Gasteiger charge is 2.15. The Kier molecular flexibility index (Phi) is 6.26. The summed E-state index contributed by atoms with van der Waals surface area (Å²) in [5.41, 5.74) is 2.71. The zero-order chi connectivity index (χ0) is 17.4. The molecular formula is C21H21NO2. The van der Waals surface area contributed by atoms with Crippen molar-refractivity contribution < 1.29 is 9.21 Å². The van der Waals surface area contributed by atoms with Gasteiger partial charge in [0.15, 0.2) is 11.5 Å². The van der Waals surface area contributed by atoms with Crippen LogP contribution in [0.5, 0.6) is 0 Å². The second-order valence-corrected chi connectivity index (χ2v) is 4.91. The van der Waals surface area contributed by atoms with Crippen LogP contribution in [0.2, 0.25) is 0 Å². The number of carbonyl (C=O) groups excluding carboxylic acids is 1. The normalized spacial score (nSPS) is 10.3. The van der Waals surface area contributed by atoms with Crippen molar-refractivity contribution in [2.75, 3.05) is 0 Å². The standard InChI is InChI=1S/C19H15NO2.C2H6/c1-14(21)12-13-17-20-18(15-8-4-2-5-9-15)19(22-17)16-10-6-3-7-11-16;1-2/h2-13H,1H3;1-2H3/b13-12+;. The minimum atomic E-state index is -0.0410. The van der Waals surface area contributed by atoms with Gasteiger partial charge in [-0.25, -0.2) is 4.98 Å². The van der Waals surface area contributed by atoms with E-state index in [0.29, 0.717) is 11.7 Å². The molecular weight excluding hydrogens is 298 g/mol. The van der Waals surface area contributed by atoms with Crippen LogP contribution in [0.4, 0.5) is 0 Å². The van der Waals surface area contributed by atoms with Crippen molar-refractivity contribution in [1.82, 2.24) is 4.98 Å². The van der Waals surface area contributed by atoms with Gasteiger partial charge in [0.25, 0.3) is 0 Å². The number of hydrogen-bond acceptors (Lipinski definition) is 3. The van der Waals surface area contributed by atoms with Gasteiger partial charge in [0.2, 0.25) is 5.89 Å². The van der Waals surface area contributed by atoms with Crippen molar-refractivity contribution >= 4 is 11.9 Å². The van der Waals surface area contributed by atoms with Crippen molar-refractivity contribution in [2.24, 2.45) is 0 Å². The molecule has 0 atom stereocenters. The van der Waals surface area contributed by atoms with Gasteiger partial charge in [-0.3, -0.25) is 4.79 Å². The van der Waals surface area contributed by atoms with Crippen molar-refractivity contribution in [3.05, 3.63) is 72.6 Å². The fraction of sp³-hybridized carbons (Fsp3) is 0.143. The first-order valence-electron chi connectivity index (χ1n) is 8.04. The molecule has 0 unspecified atom stereocenters. The summed E-state index contributed by atoms with van der Waals surface area (Å²) >= 11 is 0. The van der Waals surface area contributed by atoms with Crippen LogP contribution in [0.1, 0.15) is 26.7 Å². The Bertz CT molecular complexity index is 745. The first kappa shape index (κ1) is 17.4. The van der Waals surface area contributed by atoms with E-state index in [4.69, 9.17) is 4.42 Å². The number of hydrogen-bond donors (Lipinski definition) is 0. The Balaban J connectivity index is 0.00000100. The largest absolute Gasteiger partial charge is 0.436 e. The lowest BCUT2D eigenvalue weighted by atomic mass is 10.1. The van der Waals surface area contributed by atoms with E-state index in [-0.39, 0.29) is 5.78 Å². The number of nitrogens with zero attached hydrogens (tertiary/aromatic N) is 1. The Hall–Kier alpha value is -2.94. The fourth-order valence-electron chi connectivity index (χ4n) is 2.17. The Morgan fingerprint density at radius 1 is 0.917 bits per heavy atom. The topological polar surface area (TPSA) is 43.1 Å². The Labute approximate surface area is 142 Å². The number of rotatable bonds is 4. The van der Waals surface area contributed by atoms with Gasteiger partial charge in [-0.05, 0) is 13.0 Å². The molecule has 0 aliphatic rings. The van der Waals surface area contributed by atoms with Gasteiger partial charge >= 0.3 is 0 Å². The van der Waals surface area contributed by atoms with E-state index in [2.05, 4.69) is 4.98 Å². The molecule has 0 aliphatic heterocycles. The molecule has 0 spiro atoms. The minimum absolute atomic E-state index is 0.0410. The van der Waals surface area contributed by atoms with Crippen LogP contribution in [0.15, 0.2) is 71.2 Å². The SMILES string of the molecule is CC.CC(=O)/C=C/c1nc(-c2ccccc2)c(-c2ccccc2)o1. The predicted molar refractivity (Wildman–Crippen MR) is 98.4 cm³/mol. The van der Waals surface area contributed by atoms with Crippen LogP contribution in [-0.2, 0) is 4.79 Å². The molecule has 0 amide bonds. The van der Waals surface area contributed by atoms with Gasteiger partial charge in [0.05, 0.1) is 0 Å². The molecule has 1 aromatic heterocycles. The van der Waals surface area contributed by atoms with E-state index in [1.165, 1.54) is 13.0 Å². The van der Waals surface area contributed by atoms with Gasteiger partial charge in [-0.1, -0.05) is 74.5 Å². The highest BCUT2D eigenvalue weighted by atomic mass is 16.4. The van der Waals surface area contributed by atoms with E-state index < -0.39 is 0 Å². The van der Waals surface area contributed by atoms with Gasteiger partial charge in [0, 0.05) is 17.2 Å². The van der Waals surface area contributed by atoms with E-state index in [1.54, 1.807) is 6.08 Å².